The summed E-state index contributed by atoms with van der Waals surface area (Å²) in [5, 5.41) is 112. The minimum atomic E-state index is -2.03. The highest BCUT2D eigenvalue weighted by Gasteiger charge is 2.47. The Kier molecular flexibility index (Phi) is 11.5. The van der Waals surface area contributed by atoms with Crippen LogP contribution in [-0.4, -0.2) is 137 Å². The topological polar surface area (TPSA) is 316 Å². The SMILES string of the molecule is O=C(/C=C/c1ccc(O)cc1)OCC1O[C@@H](Oc2c(-c3ccc(O)c(O)c3)oc3cc(O[C@@H]4OC(CO)[C@@H](O)[C@H](O)C4O)cc(O)c3c2=O)C(O)[C@@H](O)[C@@H]1O. The number of hydrogen-bond donors (Lipinski definition) is 11. The van der Waals surface area contributed by atoms with Crippen molar-refractivity contribution in [2.24, 2.45) is 0 Å². The number of rotatable bonds is 10. The third kappa shape index (κ3) is 8.15. The van der Waals surface area contributed by atoms with E-state index in [0.29, 0.717) is 5.56 Å². The number of carbonyl (C=O) groups is 1. The molecule has 2 aliphatic rings. The molecule has 19 heteroatoms. The first-order chi connectivity index (χ1) is 26.2. The third-order valence-corrected chi connectivity index (χ3v) is 8.84. The fraction of sp³-hybridized carbons (Fsp3) is 0.333. The molecule has 294 valence electrons. The van der Waals surface area contributed by atoms with Crippen LogP contribution < -0.4 is 14.9 Å². The number of aliphatic hydroxyl groups excluding tert-OH is 7. The van der Waals surface area contributed by atoms with Gasteiger partial charge < -0.3 is 84.3 Å². The molecule has 2 saturated heterocycles. The van der Waals surface area contributed by atoms with Gasteiger partial charge in [-0.1, -0.05) is 12.1 Å². The van der Waals surface area contributed by atoms with Crippen molar-refractivity contribution >= 4 is 23.0 Å². The monoisotopic (exact) mass is 772 g/mol. The molecule has 1 aromatic heterocycles. The molecule has 2 aliphatic heterocycles. The summed E-state index contributed by atoms with van der Waals surface area (Å²) in [5.74, 6) is -4.45. The molecule has 3 heterocycles. The van der Waals surface area contributed by atoms with Crippen LogP contribution in [0.4, 0.5) is 0 Å². The van der Waals surface area contributed by atoms with Gasteiger partial charge in [-0.2, -0.15) is 0 Å². The molecule has 11 N–H and O–H groups in total. The zero-order chi connectivity index (χ0) is 39.7. The summed E-state index contributed by atoms with van der Waals surface area (Å²) in [6.07, 6.45) is -15.2. The van der Waals surface area contributed by atoms with Crippen LogP contribution >= 0.6 is 0 Å². The molecule has 0 bridgehead atoms. The Hall–Kier alpha value is -5.48. The first kappa shape index (κ1) is 39.2. The van der Waals surface area contributed by atoms with E-state index in [2.05, 4.69) is 0 Å². The van der Waals surface area contributed by atoms with Crippen molar-refractivity contribution in [3.05, 3.63) is 76.5 Å². The summed E-state index contributed by atoms with van der Waals surface area (Å²) in [5.41, 5.74) is -1.07. The maximum atomic E-state index is 14.0. The summed E-state index contributed by atoms with van der Waals surface area (Å²) in [7, 11) is 0. The van der Waals surface area contributed by atoms with Gasteiger partial charge in [0.25, 0.3) is 0 Å². The van der Waals surface area contributed by atoms with Crippen molar-refractivity contribution in [1.82, 2.24) is 0 Å². The molecule has 55 heavy (non-hydrogen) atoms. The Morgan fingerprint density at radius 3 is 2.00 bits per heavy atom. The number of ether oxygens (including phenoxy) is 5. The minimum absolute atomic E-state index is 0.0149. The molecule has 0 aliphatic carbocycles. The molecule has 0 saturated carbocycles. The standard InChI is InChI=1S/C36H36O19/c37-12-22-26(43)29(46)31(48)35(53-22)51-17-10-20(41)25-21(11-17)52-33(15-4-7-18(39)19(40)9-15)34(28(25)45)55-36-32(49)30(47)27(44)23(54-36)13-50-24(42)8-3-14-1-5-16(38)6-2-14/h1-11,22-23,26-27,29-32,35-41,43-44,46-49H,12-13H2/b8-3+/t22?,23?,26-,27-,29+,30+,31?,32?,35-,36+/m1/s1. The number of carbonyl (C=O) groups excluding carboxylic acids is 1. The van der Waals surface area contributed by atoms with E-state index in [9.17, 15) is 65.8 Å². The second-order valence-corrected chi connectivity index (χ2v) is 12.6. The van der Waals surface area contributed by atoms with Crippen LogP contribution in [0.1, 0.15) is 5.56 Å². The lowest BCUT2D eigenvalue weighted by atomic mass is 9.99. The maximum absolute atomic E-state index is 14.0. The molecule has 19 nitrogen and oxygen atoms in total. The molecule has 0 amide bonds. The lowest BCUT2D eigenvalue weighted by molar-refractivity contribution is -0.278. The number of fused-ring (bicyclic) bond motifs is 1. The Morgan fingerprint density at radius 1 is 0.709 bits per heavy atom. The Labute approximate surface area is 308 Å². The molecule has 4 unspecified atom stereocenters. The van der Waals surface area contributed by atoms with E-state index in [-0.39, 0.29) is 17.1 Å². The van der Waals surface area contributed by atoms with Gasteiger partial charge in [0.1, 0.15) is 83.7 Å². The second-order valence-electron chi connectivity index (χ2n) is 12.6. The molecular weight excluding hydrogens is 736 g/mol. The lowest BCUT2D eigenvalue weighted by Gasteiger charge is -2.39. The third-order valence-electron chi connectivity index (χ3n) is 8.84. The van der Waals surface area contributed by atoms with Crippen LogP contribution in [0.2, 0.25) is 0 Å². The number of esters is 1. The average molecular weight is 773 g/mol. The normalized spacial score (nSPS) is 28.3. The second kappa shape index (κ2) is 16.1. The molecular formula is C36H36O19. The van der Waals surface area contributed by atoms with Crippen LogP contribution in [0.25, 0.3) is 28.4 Å². The Bertz CT molecular complexity index is 2100. The van der Waals surface area contributed by atoms with Gasteiger partial charge in [-0.15, -0.1) is 0 Å². The summed E-state index contributed by atoms with van der Waals surface area (Å²) in [6, 6.07) is 11.0. The van der Waals surface area contributed by atoms with Crippen LogP contribution in [-0.2, 0) is 19.0 Å². The highest BCUT2D eigenvalue weighted by atomic mass is 16.7. The smallest absolute Gasteiger partial charge is 0.330 e. The van der Waals surface area contributed by atoms with Crippen molar-refractivity contribution < 1.29 is 89.1 Å². The lowest BCUT2D eigenvalue weighted by Crippen LogP contribution is -2.60. The van der Waals surface area contributed by atoms with Gasteiger partial charge in [0.05, 0.1) is 6.61 Å². The fourth-order valence-corrected chi connectivity index (χ4v) is 5.82. The molecule has 0 radical (unpaired) electrons. The largest absolute Gasteiger partial charge is 0.508 e. The van der Waals surface area contributed by atoms with Gasteiger partial charge >= 0.3 is 5.97 Å². The predicted molar refractivity (Wildman–Crippen MR) is 183 cm³/mol. The first-order valence-corrected chi connectivity index (χ1v) is 16.5. The van der Waals surface area contributed by atoms with Gasteiger partial charge in [-0.05, 0) is 42.0 Å². The summed E-state index contributed by atoms with van der Waals surface area (Å²) in [6.45, 7) is -1.43. The zero-order valence-electron chi connectivity index (χ0n) is 28.2. The van der Waals surface area contributed by atoms with E-state index in [1.54, 1.807) is 0 Å². The van der Waals surface area contributed by atoms with Crippen LogP contribution in [0.15, 0.2) is 69.9 Å². The number of phenols is 4. The molecule has 4 aromatic rings. The van der Waals surface area contributed by atoms with Crippen molar-refractivity contribution in [1.29, 1.82) is 0 Å². The van der Waals surface area contributed by atoms with Crippen LogP contribution in [0, 0.1) is 0 Å². The molecule has 6 rings (SSSR count). The Morgan fingerprint density at radius 2 is 1.35 bits per heavy atom. The quantitative estimate of drug-likeness (QED) is 0.0518. The van der Waals surface area contributed by atoms with E-state index in [1.807, 2.05) is 0 Å². The summed E-state index contributed by atoms with van der Waals surface area (Å²) in [4.78, 5) is 26.4. The van der Waals surface area contributed by atoms with Crippen molar-refractivity contribution in [2.75, 3.05) is 13.2 Å². The van der Waals surface area contributed by atoms with Crippen LogP contribution in [0.5, 0.6) is 34.5 Å². The number of aliphatic hydroxyl groups is 7. The van der Waals surface area contributed by atoms with Gasteiger partial charge in [0.2, 0.25) is 23.8 Å². The summed E-state index contributed by atoms with van der Waals surface area (Å²) >= 11 is 0. The Balaban J connectivity index is 1.31. The number of aromatic hydroxyl groups is 4. The van der Waals surface area contributed by atoms with E-state index in [1.165, 1.54) is 36.4 Å². The highest BCUT2D eigenvalue weighted by molar-refractivity contribution is 5.89. The van der Waals surface area contributed by atoms with E-state index in [4.69, 9.17) is 28.1 Å². The van der Waals surface area contributed by atoms with Gasteiger partial charge in [0, 0.05) is 23.8 Å². The molecule has 2 fully saturated rings. The van der Waals surface area contributed by atoms with Crippen molar-refractivity contribution in [2.45, 2.75) is 61.4 Å². The maximum Gasteiger partial charge on any atom is 0.330 e. The van der Waals surface area contributed by atoms with Crippen molar-refractivity contribution in [3.63, 3.8) is 0 Å². The van der Waals surface area contributed by atoms with Crippen molar-refractivity contribution in [3.8, 4) is 45.8 Å². The van der Waals surface area contributed by atoms with Gasteiger partial charge in [-0.3, -0.25) is 4.79 Å². The summed E-state index contributed by atoms with van der Waals surface area (Å²) < 4.78 is 33.4. The van der Waals surface area contributed by atoms with E-state index >= 15 is 0 Å². The van der Waals surface area contributed by atoms with Gasteiger partial charge in [-0.25, -0.2) is 4.79 Å². The number of hydrogen-bond acceptors (Lipinski definition) is 19. The molecule has 0 spiro atoms. The van der Waals surface area contributed by atoms with E-state index in [0.717, 1.165) is 30.3 Å². The molecule has 3 aromatic carbocycles. The average Bonchev–Trinajstić information content (AvgIpc) is 3.16. The number of benzene rings is 3. The molecule has 10 atom stereocenters. The minimum Gasteiger partial charge on any atom is -0.508 e. The first-order valence-electron chi connectivity index (χ1n) is 16.5. The van der Waals surface area contributed by atoms with Gasteiger partial charge in [0.15, 0.2) is 17.3 Å². The number of phenolic OH excluding ortho intramolecular Hbond substituents is 4. The highest BCUT2D eigenvalue weighted by Crippen LogP contribution is 2.40. The van der Waals surface area contributed by atoms with Crippen LogP contribution in [0.3, 0.4) is 0 Å². The van der Waals surface area contributed by atoms with E-state index < -0.39 is 126 Å². The predicted octanol–water partition coefficient (Wildman–Crippen LogP) is -1.10. The fourth-order valence-electron chi connectivity index (χ4n) is 5.82. The zero-order valence-corrected chi connectivity index (χ0v) is 28.2.